The molecular formula is C18H25N5. The van der Waals surface area contributed by atoms with Crippen molar-refractivity contribution in [3.8, 4) is 0 Å². The van der Waals surface area contributed by atoms with Crippen molar-refractivity contribution in [1.29, 1.82) is 0 Å². The second-order valence-electron chi connectivity index (χ2n) is 6.31. The van der Waals surface area contributed by atoms with Gasteiger partial charge in [0.15, 0.2) is 0 Å². The summed E-state index contributed by atoms with van der Waals surface area (Å²) in [5.41, 5.74) is 1.16. The molecule has 0 N–H and O–H groups in total. The van der Waals surface area contributed by atoms with Crippen molar-refractivity contribution in [2.45, 2.75) is 38.1 Å². The van der Waals surface area contributed by atoms with Crippen LogP contribution in [0.25, 0.3) is 0 Å². The Kier molecular flexibility index (Phi) is 5.05. The molecule has 3 heterocycles. The summed E-state index contributed by atoms with van der Waals surface area (Å²) in [6.45, 7) is 1.06. The van der Waals surface area contributed by atoms with E-state index in [1.165, 1.54) is 19.3 Å². The zero-order chi connectivity index (χ0) is 16.1. The predicted molar refractivity (Wildman–Crippen MR) is 93.9 cm³/mol. The first kappa shape index (κ1) is 15.7. The summed E-state index contributed by atoms with van der Waals surface area (Å²) in [4.78, 5) is 18.0. The lowest BCUT2D eigenvalue weighted by molar-refractivity contribution is 0.430. The van der Waals surface area contributed by atoms with Crippen LogP contribution in [0, 0.1) is 0 Å². The topological polar surface area (TPSA) is 45.2 Å². The van der Waals surface area contributed by atoms with E-state index in [1.807, 2.05) is 43.5 Å². The van der Waals surface area contributed by atoms with E-state index in [0.717, 1.165) is 36.8 Å². The monoisotopic (exact) mass is 311 g/mol. The average molecular weight is 311 g/mol. The summed E-state index contributed by atoms with van der Waals surface area (Å²) in [6, 6.07) is 8.65. The molecule has 23 heavy (non-hydrogen) atoms. The smallest absolute Gasteiger partial charge is 0.225 e. The van der Waals surface area contributed by atoms with Gasteiger partial charge < -0.3 is 9.80 Å². The molecule has 0 bridgehead atoms. The van der Waals surface area contributed by atoms with Gasteiger partial charge in [-0.25, -0.2) is 15.0 Å². The molecule has 0 aromatic carbocycles. The maximum atomic E-state index is 4.73. The van der Waals surface area contributed by atoms with Crippen molar-refractivity contribution < 1.29 is 0 Å². The maximum absolute atomic E-state index is 4.73. The lowest BCUT2D eigenvalue weighted by atomic mass is 9.97. The van der Waals surface area contributed by atoms with Crippen LogP contribution in [0.2, 0.25) is 0 Å². The van der Waals surface area contributed by atoms with E-state index in [2.05, 4.69) is 27.0 Å². The van der Waals surface area contributed by atoms with Crippen molar-refractivity contribution in [1.82, 2.24) is 15.0 Å². The molecule has 0 saturated carbocycles. The standard InChI is InChI=1S/C18H25N5/c1-22(2)17-9-5-7-15(21-17)10-11-16-8-3-4-14-23(16)18-19-12-6-13-20-18/h5-7,9,12-13,16H,3-4,8,10-11,14H2,1-2H3/t16-/m0/s1. The van der Waals surface area contributed by atoms with Crippen LogP contribution >= 0.6 is 0 Å². The lowest BCUT2D eigenvalue weighted by Crippen LogP contribution is -2.41. The highest BCUT2D eigenvalue weighted by Gasteiger charge is 2.24. The molecule has 0 radical (unpaired) electrons. The molecule has 2 aromatic heterocycles. The highest BCUT2D eigenvalue weighted by atomic mass is 15.3. The van der Waals surface area contributed by atoms with Crippen LogP contribution in [0.3, 0.4) is 0 Å². The molecule has 1 aliphatic rings. The van der Waals surface area contributed by atoms with Gasteiger partial charge in [0.2, 0.25) is 5.95 Å². The van der Waals surface area contributed by atoms with Gasteiger partial charge in [-0.1, -0.05) is 6.07 Å². The Labute approximate surface area is 138 Å². The van der Waals surface area contributed by atoms with Crippen LogP contribution in [0.4, 0.5) is 11.8 Å². The number of hydrogen-bond acceptors (Lipinski definition) is 5. The molecule has 2 aromatic rings. The number of anilines is 2. The Morgan fingerprint density at radius 3 is 2.74 bits per heavy atom. The first-order valence-electron chi connectivity index (χ1n) is 8.41. The first-order valence-corrected chi connectivity index (χ1v) is 8.41. The van der Waals surface area contributed by atoms with Crippen LogP contribution in [0.1, 0.15) is 31.4 Å². The molecule has 5 heteroatoms. The highest BCUT2D eigenvalue weighted by molar-refractivity contribution is 5.37. The second kappa shape index (κ2) is 7.40. The number of piperidine rings is 1. The fourth-order valence-electron chi connectivity index (χ4n) is 3.17. The van der Waals surface area contributed by atoms with Crippen LogP contribution in [-0.4, -0.2) is 41.6 Å². The van der Waals surface area contributed by atoms with Crippen molar-refractivity contribution in [3.63, 3.8) is 0 Å². The second-order valence-corrected chi connectivity index (χ2v) is 6.31. The van der Waals surface area contributed by atoms with E-state index >= 15 is 0 Å². The quantitative estimate of drug-likeness (QED) is 0.849. The minimum atomic E-state index is 0.510. The predicted octanol–water partition coefficient (Wildman–Crippen LogP) is 2.93. The Bertz CT molecular complexity index is 614. The number of aromatic nitrogens is 3. The third-order valence-corrected chi connectivity index (χ3v) is 4.42. The molecule has 1 fully saturated rings. The normalized spacial score (nSPS) is 18.0. The SMILES string of the molecule is CN(C)c1cccc(CC[C@@H]2CCCCN2c2ncccn2)n1. The molecular weight excluding hydrogens is 286 g/mol. The van der Waals surface area contributed by atoms with Gasteiger partial charge in [-0.2, -0.15) is 0 Å². The summed E-state index contributed by atoms with van der Waals surface area (Å²) in [6.07, 6.45) is 9.48. The van der Waals surface area contributed by atoms with Crippen molar-refractivity contribution in [2.75, 3.05) is 30.4 Å². The Balaban J connectivity index is 1.67. The Morgan fingerprint density at radius 1 is 1.13 bits per heavy atom. The number of hydrogen-bond donors (Lipinski definition) is 0. The zero-order valence-corrected chi connectivity index (χ0v) is 14.0. The van der Waals surface area contributed by atoms with Gasteiger partial charge in [0.1, 0.15) is 5.82 Å². The van der Waals surface area contributed by atoms with Crippen molar-refractivity contribution >= 4 is 11.8 Å². The van der Waals surface area contributed by atoms with E-state index in [0.29, 0.717) is 6.04 Å². The van der Waals surface area contributed by atoms with E-state index < -0.39 is 0 Å². The molecule has 0 unspecified atom stereocenters. The number of pyridine rings is 1. The van der Waals surface area contributed by atoms with Gasteiger partial charge in [0.05, 0.1) is 0 Å². The summed E-state index contributed by atoms with van der Waals surface area (Å²) in [5.74, 6) is 1.89. The van der Waals surface area contributed by atoms with E-state index in [4.69, 9.17) is 4.98 Å². The minimum Gasteiger partial charge on any atom is -0.363 e. The summed E-state index contributed by atoms with van der Waals surface area (Å²) in [5, 5.41) is 0. The van der Waals surface area contributed by atoms with Gasteiger partial charge in [-0.15, -0.1) is 0 Å². The van der Waals surface area contributed by atoms with E-state index in [-0.39, 0.29) is 0 Å². The first-order chi connectivity index (χ1) is 11.2. The molecule has 122 valence electrons. The number of aryl methyl sites for hydroxylation is 1. The van der Waals surface area contributed by atoms with Gasteiger partial charge >= 0.3 is 0 Å². The van der Waals surface area contributed by atoms with Crippen LogP contribution in [-0.2, 0) is 6.42 Å². The van der Waals surface area contributed by atoms with Crippen LogP contribution < -0.4 is 9.80 Å². The summed E-state index contributed by atoms with van der Waals surface area (Å²) >= 11 is 0. The molecule has 1 atom stereocenters. The third kappa shape index (κ3) is 3.97. The Hall–Kier alpha value is -2.17. The zero-order valence-electron chi connectivity index (χ0n) is 14.0. The number of rotatable bonds is 5. The van der Waals surface area contributed by atoms with Crippen LogP contribution in [0.5, 0.6) is 0 Å². The summed E-state index contributed by atoms with van der Waals surface area (Å²) in [7, 11) is 4.06. The lowest BCUT2D eigenvalue weighted by Gasteiger charge is -2.35. The molecule has 1 aliphatic heterocycles. The van der Waals surface area contributed by atoms with E-state index in [1.54, 1.807) is 0 Å². The Morgan fingerprint density at radius 2 is 1.96 bits per heavy atom. The van der Waals surface area contributed by atoms with Gasteiger partial charge in [-0.3, -0.25) is 0 Å². The van der Waals surface area contributed by atoms with Crippen molar-refractivity contribution in [3.05, 3.63) is 42.4 Å². The molecule has 0 spiro atoms. The molecule has 0 amide bonds. The molecule has 1 saturated heterocycles. The fraction of sp³-hybridized carbons (Fsp3) is 0.500. The fourth-order valence-corrected chi connectivity index (χ4v) is 3.17. The molecule has 0 aliphatic carbocycles. The van der Waals surface area contributed by atoms with Crippen molar-refractivity contribution in [2.24, 2.45) is 0 Å². The van der Waals surface area contributed by atoms with Gasteiger partial charge in [0.25, 0.3) is 0 Å². The largest absolute Gasteiger partial charge is 0.363 e. The molecule has 3 rings (SSSR count). The van der Waals surface area contributed by atoms with Gasteiger partial charge in [-0.05, 0) is 50.3 Å². The maximum Gasteiger partial charge on any atom is 0.225 e. The third-order valence-electron chi connectivity index (χ3n) is 4.42. The minimum absolute atomic E-state index is 0.510. The van der Waals surface area contributed by atoms with Crippen LogP contribution in [0.15, 0.2) is 36.7 Å². The van der Waals surface area contributed by atoms with Gasteiger partial charge in [0, 0.05) is 44.8 Å². The number of nitrogens with zero attached hydrogens (tertiary/aromatic N) is 5. The average Bonchev–Trinajstić information content (AvgIpc) is 2.61. The molecule has 5 nitrogen and oxygen atoms in total. The van der Waals surface area contributed by atoms with E-state index in [9.17, 15) is 0 Å². The highest BCUT2D eigenvalue weighted by Crippen LogP contribution is 2.24. The summed E-state index contributed by atoms with van der Waals surface area (Å²) < 4.78 is 0.